The van der Waals surface area contributed by atoms with Crippen molar-refractivity contribution in [1.82, 2.24) is 19.0 Å². The molecule has 0 radical (unpaired) electrons. The van der Waals surface area contributed by atoms with Crippen LogP contribution in [0.5, 0.6) is 0 Å². The lowest BCUT2D eigenvalue weighted by Crippen LogP contribution is -2.27. The van der Waals surface area contributed by atoms with Crippen molar-refractivity contribution in [3.63, 3.8) is 0 Å². The number of carbonyl (C=O) groups excluding carboxylic acids is 1. The molecule has 6 heteroatoms. The lowest BCUT2D eigenvalue weighted by Gasteiger charge is -2.15. The maximum atomic E-state index is 13.0. The van der Waals surface area contributed by atoms with Crippen LogP contribution >= 0.6 is 0 Å². The predicted octanol–water partition coefficient (Wildman–Crippen LogP) is 5.71. The number of likely N-dealkylation sites (tertiary alicyclic amines) is 1. The van der Waals surface area contributed by atoms with Gasteiger partial charge in [-0.2, -0.15) is 0 Å². The molecule has 0 spiro atoms. The standard InChI is InChI=1S/C29H30N4O2/c1-3-32-25-9-5-4-8-22(25)23-18-20(10-12-26(23)32)28-30-24-19-21(29(34)31-14-6-7-15-31)11-13-27(24)33(28)16-17-35-2/h4-5,8-13,18-19H,3,6-7,14-17H2,1-2H3. The highest BCUT2D eigenvalue weighted by molar-refractivity contribution is 6.09. The summed E-state index contributed by atoms with van der Waals surface area (Å²) in [7, 11) is 1.72. The van der Waals surface area contributed by atoms with Gasteiger partial charge in [-0.15, -0.1) is 0 Å². The zero-order valence-electron chi connectivity index (χ0n) is 20.3. The average Bonchev–Trinajstić information content (AvgIpc) is 3.62. The minimum absolute atomic E-state index is 0.103. The van der Waals surface area contributed by atoms with Gasteiger partial charge in [0, 0.05) is 66.2 Å². The van der Waals surface area contributed by atoms with Crippen molar-refractivity contribution in [3.8, 4) is 11.4 Å². The molecule has 0 atom stereocenters. The summed E-state index contributed by atoms with van der Waals surface area (Å²) in [5.41, 5.74) is 6.12. The molecule has 0 aliphatic carbocycles. The minimum atomic E-state index is 0.103. The molecule has 0 bridgehead atoms. The number of carbonyl (C=O) groups is 1. The second kappa shape index (κ2) is 8.86. The van der Waals surface area contributed by atoms with Gasteiger partial charge in [-0.3, -0.25) is 4.79 Å². The number of ether oxygens (including phenoxy) is 1. The van der Waals surface area contributed by atoms with E-state index in [0.717, 1.165) is 54.9 Å². The molecule has 5 aromatic rings. The first kappa shape index (κ1) is 21.9. The Kier molecular flexibility index (Phi) is 5.53. The Hall–Kier alpha value is -3.64. The molecule has 6 rings (SSSR count). The van der Waals surface area contributed by atoms with E-state index in [-0.39, 0.29) is 5.91 Å². The smallest absolute Gasteiger partial charge is 0.253 e. The highest BCUT2D eigenvalue weighted by Crippen LogP contribution is 2.34. The van der Waals surface area contributed by atoms with Crippen molar-refractivity contribution in [3.05, 3.63) is 66.2 Å². The van der Waals surface area contributed by atoms with Crippen LogP contribution in [0.15, 0.2) is 60.7 Å². The van der Waals surface area contributed by atoms with E-state index in [1.54, 1.807) is 7.11 Å². The summed E-state index contributed by atoms with van der Waals surface area (Å²) in [5.74, 6) is 1.00. The molecule has 3 heterocycles. The monoisotopic (exact) mass is 466 g/mol. The molecule has 1 saturated heterocycles. The van der Waals surface area contributed by atoms with Gasteiger partial charge in [0.1, 0.15) is 5.82 Å². The summed E-state index contributed by atoms with van der Waals surface area (Å²) < 4.78 is 9.99. The lowest BCUT2D eigenvalue weighted by molar-refractivity contribution is 0.0793. The number of hydrogen-bond donors (Lipinski definition) is 0. The van der Waals surface area contributed by atoms with Crippen LogP contribution in [0.1, 0.15) is 30.1 Å². The highest BCUT2D eigenvalue weighted by Gasteiger charge is 2.21. The Balaban J connectivity index is 1.50. The van der Waals surface area contributed by atoms with Crippen molar-refractivity contribution in [2.24, 2.45) is 0 Å². The SMILES string of the molecule is CCn1c2ccccc2c2cc(-c3nc4cc(C(=O)N5CCCC5)ccc4n3CCOC)ccc21. The maximum absolute atomic E-state index is 13.0. The van der Waals surface area contributed by atoms with Gasteiger partial charge in [0.2, 0.25) is 0 Å². The van der Waals surface area contributed by atoms with Crippen LogP contribution in [-0.4, -0.2) is 51.7 Å². The van der Waals surface area contributed by atoms with Gasteiger partial charge in [-0.05, 0) is 62.2 Å². The first-order valence-corrected chi connectivity index (χ1v) is 12.5. The predicted molar refractivity (Wildman–Crippen MR) is 141 cm³/mol. The van der Waals surface area contributed by atoms with Crippen LogP contribution in [0.2, 0.25) is 0 Å². The molecule has 35 heavy (non-hydrogen) atoms. The third-order valence-corrected chi connectivity index (χ3v) is 7.25. The van der Waals surface area contributed by atoms with E-state index in [1.165, 1.54) is 21.8 Å². The number of rotatable bonds is 6. The minimum Gasteiger partial charge on any atom is -0.383 e. The number of methoxy groups -OCH3 is 1. The fourth-order valence-electron chi connectivity index (χ4n) is 5.53. The van der Waals surface area contributed by atoms with Crippen LogP contribution in [0, 0.1) is 0 Å². The molecule has 0 unspecified atom stereocenters. The molecular formula is C29H30N4O2. The molecule has 1 aliphatic heterocycles. The van der Waals surface area contributed by atoms with Gasteiger partial charge in [0.25, 0.3) is 5.91 Å². The van der Waals surface area contributed by atoms with E-state index < -0.39 is 0 Å². The molecule has 178 valence electrons. The number of nitrogens with zero attached hydrogens (tertiary/aromatic N) is 4. The van der Waals surface area contributed by atoms with E-state index in [9.17, 15) is 4.79 Å². The summed E-state index contributed by atoms with van der Waals surface area (Å²) in [6, 6.07) is 21.1. The Labute approximate surface area is 204 Å². The second-order valence-corrected chi connectivity index (χ2v) is 9.28. The number of amides is 1. The largest absolute Gasteiger partial charge is 0.383 e. The second-order valence-electron chi connectivity index (χ2n) is 9.28. The highest BCUT2D eigenvalue weighted by atomic mass is 16.5. The van der Waals surface area contributed by atoms with Gasteiger partial charge in [-0.1, -0.05) is 18.2 Å². The average molecular weight is 467 g/mol. The number of imidazole rings is 1. The fraction of sp³-hybridized carbons (Fsp3) is 0.310. The van der Waals surface area contributed by atoms with Crippen molar-refractivity contribution >= 4 is 38.7 Å². The van der Waals surface area contributed by atoms with Crippen LogP contribution in [-0.2, 0) is 17.8 Å². The van der Waals surface area contributed by atoms with Gasteiger partial charge < -0.3 is 18.8 Å². The maximum Gasteiger partial charge on any atom is 0.253 e. The Morgan fingerprint density at radius 3 is 2.49 bits per heavy atom. The normalized spacial score (nSPS) is 14.1. The number of aromatic nitrogens is 3. The summed E-state index contributed by atoms with van der Waals surface area (Å²) in [6.45, 7) is 6.07. The summed E-state index contributed by atoms with van der Waals surface area (Å²) in [6.07, 6.45) is 2.17. The van der Waals surface area contributed by atoms with Crippen molar-refractivity contribution in [1.29, 1.82) is 0 Å². The molecule has 1 fully saturated rings. The number of benzene rings is 3. The van der Waals surface area contributed by atoms with Crippen molar-refractivity contribution in [2.45, 2.75) is 32.9 Å². The molecule has 1 aliphatic rings. The van der Waals surface area contributed by atoms with Crippen LogP contribution < -0.4 is 0 Å². The first-order chi connectivity index (χ1) is 17.2. The van der Waals surface area contributed by atoms with Gasteiger partial charge in [-0.25, -0.2) is 4.98 Å². The van der Waals surface area contributed by atoms with E-state index in [4.69, 9.17) is 9.72 Å². The quantitative estimate of drug-likeness (QED) is 0.322. The lowest BCUT2D eigenvalue weighted by atomic mass is 10.1. The summed E-state index contributed by atoms with van der Waals surface area (Å²) >= 11 is 0. The zero-order chi connectivity index (χ0) is 23.9. The van der Waals surface area contributed by atoms with Gasteiger partial charge >= 0.3 is 0 Å². The topological polar surface area (TPSA) is 52.3 Å². The zero-order valence-corrected chi connectivity index (χ0v) is 20.3. The van der Waals surface area contributed by atoms with Crippen LogP contribution in [0.4, 0.5) is 0 Å². The van der Waals surface area contributed by atoms with E-state index >= 15 is 0 Å². The summed E-state index contributed by atoms with van der Waals surface area (Å²) in [5, 5.41) is 2.49. The summed E-state index contributed by atoms with van der Waals surface area (Å²) in [4.78, 5) is 20.0. The Morgan fingerprint density at radius 2 is 1.69 bits per heavy atom. The molecule has 0 N–H and O–H groups in total. The van der Waals surface area contributed by atoms with E-state index in [0.29, 0.717) is 18.7 Å². The van der Waals surface area contributed by atoms with Gasteiger partial charge in [0.05, 0.1) is 17.6 Å². The number of para-hydroxylation sites is 1. The molecular weight excluding hydrogens is 436 g/mol. The van der Waals surface area contributed by atoms with E-state index in [1.807, 2.05) is 23.1 Å². The fourth-order valence-corrected chi connectivity index (χ4v) is 5.53. The van der Waals surface area contributed by atoms with E-state index in [2.05, 4.69) is 58.5 Å². The third kappa shape index (κ3) is 3.60. The molecule has 0 saturated carbocycles. The molecule has 1 amide bonds. The number of aryl methyl sites for hydroxylation is 1. The molecule has 3 aromatic carbocycles. The van der Waals surface area contributed by atoms with Crippen LogP contribution in [0.3, 0.4) is 0 Å². The van der Waals surface area contributed by atoms with Gasteiger partial charge in [0.15, 0.2) is 0 Å². The van der Waals surface area contributed by atoms with Crippen molar-refractivity contribution < 1.29 is 9.53 Å². The molecule has 2 aromatic heterocycles. The number of fused-ring (bicyclic) bond motifs is 4. The number of hydrogen-bond acceptors (Lipinski definition) is 3. The Morgan fingerprint density at radius 1 is 0.914 bits per heavy atom. The molecule has 6 nitrogen and oxygen atoms in total. The third-order valence-electron chi connectivity index (χ3n) is 7.25. The van der Waals surface area contributed by atoms with Crippen LogP contribution in [0.25, 0.3) is 44.2 Å². The first-order valence-electron chi connectivity index (χ1n) is 12.5. The van der Waals surface area contributed by atoms with Crippen molar-refractivity contribution in [2.75, 3.05) is 26.8 Å². The Bertz CT molecular complexity index is 1560.